The number of hydrogen-bond donors (Lipinski definition) is 1. The molecular weight excluding hydrogens is 429 g/mol. The fourth-order valence-electron chi connectivity index (χ4n) is 3.89. The van der Waals surface area contributed by atoms with Gasteiger partial charge in [-0.25, -0.2) is 13.2 Å². The van der Waals surface area contributed by atoms with Crippen molar-refractivity contribution in [3.63, 3.8) is 0 Å². The molecule has 8 nitrogen and oxygen atoms in total. The van der Waals surface area contributed by atoms with Crippen LogP contribution < -0.4 is 0 Å². The molecule has 0 aromatic carbocycles. The smallest absolute Gasteiger partial charge is 0.475 e. The predicted octanol–water partition coefficient (Wildman–Crippen LogP) is 2.07. The SMILES string of the molecule is CN(Cc1ccco1)[C@@H]1CN(S(=O)(=O)C2CC2)[C@@H]2CCCO[C@H]12.O=C(O)C(F)(F)F. The van der Waals surface area contributed by atoms with Crippen molar-refractivity contribution >= 4 is 16.0 Å². The van der Waals surface area contributed by atoms with Crippen molar-refractivity contribution < 1.29 is 40.6 Å². The monoisotopic (exact) mass is 454 g/mol. The Kier molecular flexibility index (Phi) is 6.80. The minimum absolute atomic E-state index is 0.00148. The first-order valence-electron chi connectivity index (χ1n) is 9.67. The Morgan fingerprint density at radius 1 is 1.33 bits per heavy atom. The lowest BCUT2D eigenvalue weighted by atomic mass is 10.0. The van der Waals surface area contributed by atoms with E-state index in [0.29, 0.717) is 13.1 Å². The van der Waals surface area contributed by atoms with Crippen LogP contribution in [0, 0.1) is 0 Å². The summed E-state index contributed by atoms with van der Waals surface area (Å²) in [5, 5.41) is 6.97. The van der Waals surface area contributed by atoms with E-state index in [0.717, 1.165) is 38.1 Å². The van der Waals surface area contributed by atoms with E-state index in [-0.39, 0.29) is 23.4 Å². The number of aliphatic carboxylic acids is 1. The van der Waals surface area contributed by atoms with E-state index in [1.54, 1.807) is 10.6 Å². The van der Waals surface area contributed by atoms with E-state index in [2.05, 4.69) is 4.90 Å². The number of rotatable bonds is 5. The predicted molar refractivity (Wildman–Crippen MR) is 99.1 cm³/mol. The molecule has 170 valence electrons. The summed E-state index contributed by atoms with van der Waals surface area (Å²) in [7, 11) is -1.14. The Labute approximate surface area is 172 Å². The maximum absolute atomic E-state index is 12.8. The molecule has 0 bridgehead atoms. The van der Waals surface area contributed by atoms with Crippen LogP contribution in [0.2, 0.25) is 0 Å². The average Bonchev–Trinajstić information content (AvgIpc) is 3.28. The molecule has 1 aliphatic carbocycles. The number of fused-ring (bicyclic) bond motifs is 1. The lowest BCUT2D eigenvalue weighted by Crippen LogP contribution is -2.46. The third-order valence-corrected chi connectivity index (χ3v) is 7.90. The molecule has 1 N–H and O–H groups in total. The van der Waals surface area contributed by atoms with Gasteiger partial charge < -0.3 is 14.3 Å². The van der Waals surface area contributed by atoms with Gasteiger partial charge in [0.1, 0.15) is 5.76 Å². The molecule has 30 heavy (non-hydrogen) atoms. The third-order valence-electron chi connectivity index (χ3n) is 5.52. The quantitative estimate of drug-likeness (QED) is 0.727. The lowest BCUT2D eigenvalue weighted by Gasteiger charge is -2.34. The second kappa shape index (κ2) is 8.85. The van der Waals surface area contributed by atoms with Gasteiger partial charge in [-0.05, 0) is 44.9 Å². The van der Waals surface area contributed by atoms with Crippen molar-refractivity contribution in [3.05, 3.63) is 24.2 Å². The number of alkyl halides is 3. The highest BCUT2D eigenvalue weighted by molar-refractivity contribution is 7.90. The summed E-state index contributed by atoms with van der Waals surface area (Å²) in [4.78, 5) is 11.1. The molecule has 3 atom stereocenters. The Morgan fingerprint density at radius 2 is 2.00 bits per heavy atom. The van der Waals surface area contributed by atoms with E-state index in [4.69, 9.17) is 19.1 Å². The van der Waals surface area contributed by atoms with Crippen molar-refractivity contribution in [2.24, 2.45) is 0 Å². The Hall–Kier alpha value is -1.63. The minimum Gasteiger partial charge on any atom is -0.475 e. The standard InChI is InChI=1S/C16H24N2O4S.C2HF3O2/c1-17(10-12-4-2-8-21-12)15-11-18(23(19,20)13-6-7-13)14-5-3-9-22-16(14)15;3-2(4,5)1(6)7/h2,4,8,13-16H,3,5-7,9-11H2,1H3;(H,6,7)/t14-,15-,16+;/m1./s1. The van der Waals surface area contributed by atoms with Gasteiger partial charge in [-0.15, -0.1) is 0 Å². The molecule has 3 fully saturated rings. The van der Waals surface area contributed by atoms with Gasteiger partial charge in [-0.2, -0.15) is 17.5 Å². The minimum atomic E-state index is -5.08. The lowest BCUT2D eigenvalue weighted by molar-refractivity contribution is -0.192. The summed E-state index contributed by atoms with van der Waals surface area (Å²) in [6, 6.07) is 3.91. The highest BCUT2D eigenvalue weighted by atomic mass is 32.2. The number of furan rings is 1. The molecule has 0 spiro atoms. The van der Waals surface area contributed by atoms with Gasteiger partial charge in [-0.1, -0.05) is 0 Å². The summed E-state index contributed by atoms with van der Waals surface area (Å²) in [6.07, 6.45) is 0.0150. The number of carboxylic acid groups (broad SMARTS) is 1. The summed E-state index contributed by atoms with van der Waals surface area (Å²) in [5.41, 5.74) is 0. The van der Waals surface area contributed by atoms with Gasteiger partial charge >= 0.3 is 12.1 Å². The summed E-state index contributed by atoms with van der Waals surface area (Å²) >= 11 is 0. The van der Waals surface area contributed by atoms with Crippen molar-refractivity contribution in [2.45, 2.75) is 61.8 Å². The number of nitrogens with zero attached hydrogens (tertiary/aromatic N) is 2. The highest BCUT2D eigenvalue weighted by Crippen LogP contribution is 2.39. The van der Waals surface area contributed by atoms with Gasteiger partial charge in [0.2, 0.25) is 10.0 Å². The maximum atomic E-state index is 12.8. The fourth-order valence-corrected chi connectivity index (χ4v) is 5.97. The van der Waals surface area contributed by atoms with Crippen LogP contribution >= 0.6 is 0 Å². The molecule has 2 aliphatic heterocycles. The van der Waals surface area contributed by atoms with Crippen molar-refractivity contribution in [1.82, 2.24) is 9.21 Å². The molecule has 0 amide bonds. The molecule has 4 rings (SSSR count). The summed E-state index contributed by atoms with van der Waals surface area (Å²) in [6.45, 7) is 1.93. The molecular formula is C18H25F3N2O6S. The van der Waals surface area contributed by atoms with Crippen LogP contribution in [-0.4, -0.2) is 78.5 Å². The van der Waals surface area contributed by atoms with Gasteiger partial charge in [0, 0.05) is 13.2 Å². The molecule has 0 unspecified atom stereocenters. The van der Waals surface area contributed by atoms with Crippen molar-refractivity contribution in [1.29, 1.82) is 0 Å². The zero-order valence-corrected chi connectivity index (χ0v) is 17.2. The van der Waals surface area contributed by atoms with Crippen molar-refractivity contribution in [2.75, 3.05) is 20.2 Å². The van der Waals surface area contributed by atoms with Crippen LogP contribution in [-0.2, 0) is 26.1 Å². The summed E-state index contributed by atoms with van der Waals surface area (Å²) in [5.74, 6) is -1.86. The van der Waals surface area contributed by atoms with Crippen LogP contribution in [0.5, 0.6) is 0 Å². The molecule has 1 saturated carbocycles. The normalized spacial score (nSPS) is 27.4. The third kappa shape index (κ3) is 5.16. The Balaban J connectivity index is 0.000000318. The first-order valence-corrected chi connectivity index (χ1v) is 11.2. The highest BCUT2D eigenvalue weighted by Gasteiger charge is 2.53. The van der Waals surface area contributed by atoms with Crippen LogP contribution in [0.3, 0.4) is 0 Å². The second-order valence-electron chi connectivity index (χ2n) is 7.72. The number of carbonyl (C=O) groups is 1. The second-order valence-corrected chi connectivity index (χ2v) is 9.89. The van der Waals surface area contributed by atoms with Crippen LogP contribution in [0.4, 0.5) is 13.2 Å². The number of likely N-dealkylation sites (N-methyl/N-ethyl adjacent to an activating group) is 1. The van der Waals surface area contributed by atoms with Crippen LogP contribution in [0.1, 0.15) is 31.4 Å². The van der Waals surface area contributed by atoms with E-state index >= 15 is 0 Å². The zero-order valence-electron chi connectivity index (χ0n) is 16.4. The van der Waals surface area contributed by atoms with Crippen LogP contribution in [0.25, 0.3) is 0 Å². The molecule has 1 aromatic rings. The first kappa shape index (κ1) is 23.0. The topological polar surface area (TPSA) is 100 Å². The molecule has 3 heterocycles. The van der Waals surface area contributed by atoms with Gasteiger partial charge in [0.25, 0.3) is 0 Å². The van der Waals surface area contributed by atoms with Crippen molar-refractivity contribution in [3.8, 4) is 0 Å². The van der Waals surface area contributed by atoms with Gasteiger partial charge in [0.05, 0.1) is 36.2 Å². The Morgan fingerprint density at radius 3 is 2.53 bits per heavy atom. The van der Waals surface area contributed by atoms with E-state index in [9.17, 15) is 21.6 Å². The van der Waals surface area contributed by atoms with E-state index < -0.39 is 22.2 Å². The first-order chi connectivity index (χ1) is 14.0. The number of hydrogen-bond acceptors (Lipinski definition) is 6. The summed E-state index contributed by atoms with van der Waals surface area (Å²) < 4.78 is 70.5. The molecule has 2 saturated heterocycles. The van der Waals surface area contributed by atoms with Crippen LogP contribution in [0.15, 0.2) is 22.8 Å². The average molecular weight is 454 g/mol. The van der Waals surface area contributed by atoms with E-state index in [1.165, 1.54) is 0 Å². The maximum Gasteiger partial charge on any atom is 0.490 e. The largest absolute Gasteiger partial charge is 0.490 e. The van der Waals surface area contributed by atoms with Gasteiger partial charge in [-0.3, -0.25) is 4.90 Å². The molecule has 3 aliphatic rings. The molecule has 0 radical (unpaired) electrons. The Bertz CT molecular complexity index is 825. The number of sulfonamides is 1. The van der Waals surface area contributed by atoms with E-state index in [1.807, 2.05) is 19.2 Å². The fraction of sp³-hybridized carbons (Fsp3) is 0.722. The number of carboxylic acids is 1. The van der Waals surface area contributed by atoms with Gasteiger partial charge in [0.15, 0.2) is 0 Å². The molecule has 1 aromatic heterocycles. The zero-order chi connectivity index (χ0) is 22.1. The number of ether oxygens (including phenoxy) is 1. The molecule has 12 heteroatoms. The number of halogens is 3.